The lowest BCUT2D eigenvalue weighted by atomic mass is 9.87. The highest BCUT2D eigenvalue weighted by molar-refractivity contribution is 5.81. The molecule has 1 amide bonds. The molecule has 1 aromatic carbocycles. The van der Waals surface area contributed by atoms with E-state index in [1.165, 1.54) is 19.3 Å². The highest BCUT2D eigenvalue weighted by atomic mass is 16.2. The molecular formula is C19H23N3O. The molecule has 5 rings (SSSR count). The number of hydrogen-bond acceptors (Lipinski definition) is 2. The first-order valence-corrected chi connectivity index (χ1v) is 9.05. The van der Waals surface area contributed by atoms with Crippen LogP contribution in [-0.4, -0.2) is 27.3 Å². The number of para-hydroxylation sites is 2. The lowest BCUT2D eigenvalue weighted by Gasteiger charge is -2.30. The minimum Gasteiger partial charge on any atom is -0.340 e. The maximum atomic E-state index is 13.1. The van der Waals surface area contributed by atoms with Crippen LogP contribution in [0.3, 0.4) is 0 Å². The number of imidazole rings is 1. The van der Waals surface area contributed by atoms with Crippen molar-refractivity contribution in [3.05, 3.63) is 30.1 Å². The van der Waals surface area contributed by atoms with Crippen molar-refractivity contribution in [2.45, 2.75) is 44.6 Å². The molecular weight excluding hydrogens is 286 g/mol. The smallest absolute Gasteiger partial charge is 0.226 e. The summed E-state index contributed by atoms with van der Waals surface area (Å²) in [6.07, 6.45) is 7.17. The van der Waals surface area contributed by atoms with Crippen molar-refractivity contribution in [2.75, 3.05) is 6.54 Å². The predicted octanol–water partition coefficient (Wildman–Crippen LogP) is 3.66. The number of hydrogen-bond donors (Lipinski definition) is 1. The molecule has 1 N–H and O–H groups in total. The number of rotatable bonds is 2. The molecule has 3 fully saturated rings. The van der Waals surface area contributed by atoms with Gasteiger partial charge in [-0.05, 0) is 56.1 Å². The standard InChI is InChI=1S/C19H23N3O/c23-19(14-11-12-7-8-13(14)10-12)22-9-3-6-17(22)18-20-15-4-1-2-5-16(15)21-18/h1-2,4-5,12-14,17H,3,6-11H2,(H,20,21)/t12-,13-,14+,17-/m1/s1. The molecule has 2 saturated carbocycles. The number of carbonyl (C=O) groups is 1. The van der Waals surface area contributed by atoms with E-state index in [-0.39, 0.29) is 6.04 Å². The lowest BCUT2D eigenvalue weighted by Crippen LogP contribution is -2.38. The molecule has 0 spiro atoms. The predicted molar refractivity (Wildman–Crippen MR) is 88.7 cm³/mol. The van der Waals surface area contributed by atoms with Crippen LogP contribution in [0.1, 0.15) is 50.4 Å². The maximum absolute atomic E-state index is 13.1. The summed E-state index contributed by atoms with van der Waals surface area (Å²) in [6, 6.07) is 8.28. The van der Waals surface area contributed by atoms with Gasteiger partial charge in [0.25, 0.3) is 0 Å². The molecule has 23 heavy (non-hydrogen) atoms. The molecule has 2 heterocycles. The van der Waals surface area contributed by atoms with Crippen LogP contribution in [0, 0.1) is 17.8 Å². The third kappa shape index (κ3) is 2.11. The Morgan fingerprint density at radius 1 is 1.17 bits per heavy atom. The molecule has 0 unspecified atom stereocenters. The molecule has 1 saturated heterocycles. The summed E-state index contributed by atoms with van der Waals surface area (Å²) in [6.45, 7) is 0.897. The Balaban J connectivity index is 1.42. The summed E-state index contributed by atoms with van der Waals surface area (Å²) in [5.41, 5.74) is 2.07. The van der Waals surface area contributed by atoms with Gasteiger partial charge in [-0.15, -0.1) is 0 Å². The minimum absolute atomic E-state index is 0.147. The molecule has 2 bridgehead atoms. The topological polar surface area (TPSA) is 49.0 Å². The number of fused-ring (bicyclic) bond motifs is 3. The third-order valence-electron chi connectivity index (χ3n) is 6.31. The minimum atomic E-state index is 0.147. The monoisotopic (exact) mass is 309 g/mol. The van der Waals surface area contributed by atoms with E-state index < -0.39 is 0 Å². The summed E-state index contributed by atoms with van der Waals surface area (Å²) < 4.78 is 0. The van der Waals surface area contributed by atoms with Crippen LogP contribution in [0.25, 0.3) is 11.0 Å². The van der Waals surface area contributed by atoms with Crippen LogP contribution in [0.2, 0.25) is 0 Å². The quantitative estimate of drug-likeness (QED) is 0.920. The van der Waals surface area contributed by atoms with Gasteiger partial charge in [-0.25, -0.2) is 4.98 Å². The SMILES string of the molecule is O=C([C@H]1C[C@@H]2CC[C@@H]1C2)N1CCC[C@@H]1c1nc2ccccc2[nH]1. The number of benzene rings is 1. The summed E-state index contributed by atoms with van der Waals surface area (Å²) in [5.74, 6) is 3.14. The fraction of sp³-hybridized carbons (Fsp3) is 0.579. The number of amides is 1. The summed E-state index contributed by atoms with van der Waals surface area (Å²) in [7, 11) is 0. The van der Waals surface area contributed by atoms with E-state index in [2.05, 4.69) is 16.0 Å². The van der Waals surface area contributed by atoms with Crippen molar-refractivity contribution < 1.29 is 4.79 Å². The van der Waals surface area contributed by atoms with Crippen molar-refractivity contribution in [3.8, 4) is 0 Å². The van der Waals surface area contributed by atoms with Gasteiger partial charge in [0.05, 0.1) is 17.1 Å². The van der Waals surface area contributed by atoms with Crippen LogP contribution in [-0.2, 0) is 4.79 Å². The molecule has 1 aliphatic heterocycles. The Morgan fingerprint density at radius 2 is 2.09 bits per heavy atom. The number of aromatic nitrogens is 2. The van der Waals surface area contributed by atoms with Gasteiger partial charge in [0, 0.05) is 12.5 Å². The van der Waals surface area contributed by atoms with Crippen molar-refractivity contribution in [3.63, 3.8) is 0 Å². The van der Waals surface area contributed by atoms with E-state index in [1.807, 2.05) is 18.2 Å². The second-order valence-corrected chi connectivity index (χ2v) is 7.61. The third-order valence-corrected chi connectivity index (χ3v) is 6.31. The fourth-order valence-corrected chi connectivity index (χ4v) is 5.21. The van der Waals surface area contributed by atoms with Gasteiger partial charge in [0.15, 0.2) is 0 Å². The van der Waals surface area contributed by atoms with Gasteiger partial charge in [0.2, 0.25) is 5.91 Å². The second-order valence-electron chi connectivity index (χ2n) is 7.61. The van der Waals surface area contributed by atoms with E-state index in [1.54, 1.807) is 0 Å². The zero-order chi connectivity index (χ0) is 15.4. The summed E-state index contributed by atoms with van der Waals surface area (Å²) >= 11 is 0. The Bertz CT molecular complexity index is 719. The molecule has 120 valence electrons. The molecule has 4 nitrogen and oxygen atoms in total. The molecule has 4 heteroatoms. The van der Waals surface area contributed by atoms with E-state index in [4.69, 9.17) is 4.98 Å². The van der Waals surface area contributed by atoms with Gasteiger partial charge in [-0.2, -0.15) is 0 Å². The van der Waals surface area contributed by atoms with Gasteiger partial charge < -0.3 is 9.88 Å². The van der Waals surface area contributed by atoms with Crippen molar-refractivity contribution in [2.24, 2.45) is 17.8 Å². The van der Waals surface area contributed by atoms with E-state index in [9.17, 15) is 4.79 Å². The zero-order valence-electron chi connectivity index (χ0n) is 13.4. The lowest BCUT2D eigenvalue weighted by molar-refractivity contribution is -0.138. The average Bonchev–Trinajstić information content (AvgIpc) is 3.35. The molecule has 2 aliphatic carbocycles. The normalized spacial score (nSPS) is 33.0. The van der Waals surface area contributed by atoms with Gasteiger partial charge in [0.1, 0.15) is 5.82 Å². The van der Waals surface area contributed by atoms with Crippen LogP contribution in [0.5, 0.6) is 0 Å². The van der Waals surface area contributed by atoms with Crippen LogP contribution >= 0.6 is 0 Å². The Morgan fingerprint density at radius 3 is 2.87 bits per heavy atom. The van der Waals surface area contributed by atoms with E-state index >= 15 is 0 Å². The maximum Gasteiger partial charge on any atom is 0.226 e. The van der Waals surface area contributed by atoms with Crippen LogP contribution in [0.15, 0.2) is 24.3 Å². The second kappa shape index (κ2) is 5.08. The van der Waals surface area contributed by atoms with Crippen LogP contribution < -0.4 is 0 Å². The summed E-state index contributed by atoms with van der Waals surface area (Å²) in [5, 5.41) is 0. The number of H-pyrrole nitrogens is 1. The largest absolute Gasteiger partial charge is 0.340 e. The highest BCUT2D eigenvalue weighted by Gasteiger charge is 2.46. The highest BCUT2D eigenvalue weighted by Crippen LogP contribution is 2.50. The molecule has 4 atom stereocenters. The van der Waals surface area contributed by atoms with Crippen molar-refractivity contribution in [1.29, 1.82) is 0 Å². The van der Waals surface area contributed by atoms with Crippen molar-refractivity contribution >= 4 is 16.9 Å². The first-order chi connectivity index (χ1) is 11.3. The van der Waals surface area contributed by atoms with E-state index in [0.717, 1.165) is 48.6 Å². The van der Waals surface area contributed by atoms with Gasteiger partial charge >= 0.3 is 0 Å². The molecule has 3 aliphatic rings. The van der Waals surface area contributed by atoms with Crippen molar-refractivity contribution in [1.82, 2.24) is 14.9 Å². The van der Waals surface area contributed by atoms with Crippen LogP contribution in [0.4, 0.5) is 0 Å². The first kappa shape index (κ1) is 13.6. The molecule has 2 aromatic rings. The zero-order valence-corrected chi connectivity index (χ0v) is 13.4. The van der Waals surface area contributed by atoms with Gasteiger partial charge in [-0.3, -0.25) is 4.79 Å². The molecule has 0 radical (unpaired) electrons. The fourth-order valence-electron chi connectivity index (χ4n) is 5.21. The number of carbonyl (C=O) groups excluding carboxylic acids is 1. The number of nitrogens with one attached hydrogen (secondary N) is 1. The van der Waals surface area contributed by atoms with Gasteiger partial charge in [-0.1, -0.05) is 18.6 Å². The molecule has 1 aromatic heterocycles. The van der Waals surface area contributed by atoms with E-state index in [0.29, 0.717) is 17.7 Å². The Hall–Kier alpha value is -1.84. The summed E-state index contributed by atoms with van der Waals surface area (Å²) in [4.78, 5) is 23.4. The average molecular weight is 309 g/mol. The first-order valence-electron chi connectivity index (χ1n) is 9.05. The number of aromatic amines is 1. The Labute approximate surface area is 136 Å². The number of likely N-dealkylation sites (tertiary alicyclic amines) is 1. The number of nitrogens with zero attached hydrogens (tertiary/aromatic N) is 2. The Kier molecular flexibility index (Phi) is 3.00.